The number of aryl methyl sites for hydroxylation is 1. The number of aliphatic hydroxyl groups is 1. The minimum Gasteiger partial charge on any atom is -0.487 e. The molecule has 0 fully saturated rings. The van der Waals surface area contributed by atoms with Gasteiger partial charge in [0.25, 0.3) is 0 Å². The van der Waals surface area contributed by atoms with Crippen LogP contribution in [0.1, 0.15) is 30.7 Å². The Labute approximate surface area is 107 Å². The Bertz CT molecular complexity index is 491. The summed E-state index contributed by atoms with van der Waals surface area (Å²) in [5.41, 5.74) is 1.94. The standard InChI is InChI=1S/C14H18N2O2/c1-3-14(17)11-4-6-13(7-5-11)18-9-12-8-15-10-16(12)2/h4-8,10,14,17H,3,9H2,1-2H3. The summed E-state index contributed by atoms with van der Waals surface area (Å²) >= 11 is 0. The number of aromatic nitrogens is 2. The predicted octanol–water partition coefficient (Wildman–Crippen LogP) is 2.44. The second-order valence-electron chi connectivity index (χ2n) is 4.28. The molecule has 18 heavy (non-hydrogen) atoms. The van der Waals surface area contributed by atoms with Crippen LogP contribution in [-0.2, 0) is 13.7 Å². The van der Waals surface area contributed by atoms with Crippen LogP contribution in [0.3, 0.4) is 0 Å². The van der Waals surface area contributed by atoms with Gasteiger partial charge in [-0.3, -0.25) is 0 Å². The van der Waals surface area contributed by atoms with Gasteiger partial charge < -0.3 is 14.4 Å². The average molecular weight is 246 g/mol. The molecule has 2 aromatic rings. The van der Waals surface area contributed by atoms with E-state index in [1.54, 1.807) is 12.5 Å². The van der Waals surface area contributed by atoms with Gasteiger partial charge in [0, 0.05) is 7.05 Å². The number of hydrogen-bond donors (Lipinski definition) is 1. The van der Waals surface area contributed by atoms with E-state index in [0.717, 1.165) is 23.4 Å². The fourth-order valence-corrected chi connectivity index (χ4v) is 1.70. The van der Waals surface area contributed by atoms with Gasteiger partial charge in [-0.2, -0.15) is 0 Å². The number of rotatable bonds is 5. The molecule has 1 aromatic carbocycles. The van der Waals surface area contributed by atoms with E-state index in [9.17, 15) is 5.11 Å². The normalized spacial score (nSPS) is 12.4. The van der Waals surface area contributed by atoms with Gasteiger partial charge >= 0.3 is 0 Å². The smallest absolute Gasteiger partial charge is 0.130 e. The number of aliphatic hydroxyl groups excluding tert-OH is 1. The zero-order valence-corrected chi connectivity index (χ0v) is 10.7. The highest BCUT2D eigenvalue weighted by Crippen LogP contribution is 2.20. The van der Waals surface area contributed by atoms with Crippen molar-refractivity contribution in [3.05, 3.63) is 48.0 Å². The third-order valence-electron chi connectivity index (χ3n) is 2.95. The largest absolute Gasteiger partial charge is 0.487 e. The minimum atomic E-state index is -0.392. The van der Waals surface area contributed by atoms with Crippen LogP contribution in [0.25, 0.3) is 0 Å². The molecule has 4 heteroatoms. The summed E-state index contributed by atoms with van der Waals surface area (Å²) in [5.74, 6) is 0.795. The third-order valence-corrected chi connectivity index (χ3v) is 2.95. The summed E-state index contributed by atoms with van der Waals surface area (Å²) in [6.07, 6.45) is 3.86. The Balaban J connectivity index is 1.96. The van der Waals surface area contributed by atoms with Crippen molar-refractivity contribution in [3.8, 4) is 5.75 Å². The molecule has 1 atom stereocenters. The number of hydrogen-bond acceptors (Lipinski definition) is 3. The first-order chi connectivity index (χ1) is 8.70. The highest BCUT2D eigenvalue weighted by molar-refractivity contribution is 5.28. The summed E-state index contributed by atoms with van der Waals surface area (Å²) in [6, 6.07) is 7.55. The Hall–Kier alpha value is -1.81. The van der Waals surface area contributed by atoms with E-state index in [1.807, 2.05) is 42.8 Å². The summed E-state index contributed by atoms with van der Waals surface area (Å²) in [6.45, 7) is 2.45. The number of ether oxygens (including phenoxy) is 1. The molecule has 0 aliphatic carbocycles. The van der Waals surface area contributed by atoms with Crippen LogP contribution in [0.4, 0.5) is 0 Å². The Kier molecular flexibility index (Phi) is 3.99. The average Bonchev–Trinajstić information content (AvgIpc) is 2.81. The van der Waals surface area contributed by atoms with Gasteiger partial charge in [-0.05, 0) is 24.1 Å². The Morgan fingerprint density at radius 1 is 1.33 bits per heavy atom. The lowest BCUT2D eigenvalue weighted by Gasteiger charge is -2.10. The van der Waals surface area contributed by atoms with E-state index in [2.05, 4.69) is 4.98 Å². The van der Waals surface area contributed by atoms with E-state index >= 15 is 0 Å². The van der Waals surface area contributed by atoms with Crippen LogP contribution in [0.15, 0.2) is 36.8 Å². The lowest BCUT2D eigenvalue weighted by Crippen LogP contribution is -2.01. The topological polar surface area (TPSA) is 47.3 Å². The zero-order valence-electron chi connectivity index (χ0n) is 10.7. The molecular weight excluding hydrogens is 228 g/mol. The van der Waals surface area contributed by atoms with E-state index in [1.165, 1.54) is 0 Å². The van der Waals surface area contributed by atoms with Crippen molar-refractivity contribution in [1.82, 2.24) is 9.55 Å². The first kappa shape index (κ1) is 12.6. The maximum atomic E-state index is 9.68. The number of nitrogens with zero attached hydrogens (tertiary/aromatic N) is 2. The molecule has 1 unspecified atom stereocenters. The molecule has 0 aliphatic rings. The molecule has 0 spiro atoms. The first-order valence-electron chi connectivity index (χ1n) is 6.06. The van der Waals surface area contributed by atoms with Crippen molar-refractivity contribution in [2.24, 2.45) is 7.05 Å². The molecule has 1 N–H and O–H groups in total. The SMILES string of the molecule is CCC(O)c1ccc(OCc2cncn2C)cc1. The second kappa shape index (κ2) is 5.69. The second-order valence-corrected chi connectivity index (χ2v) is 4.28. The lowest BCUT2D eigenvalue weighted by molar-refractivity contribution is 0.173. The van der Waals surface area contributed by atoms with Crippen molar-refractivity contribution in [3.63, 3.8) is 0 Å². The maximum absolute atomic E-state index is 9.68. The van der Waals surface area contributed by atoms with Crippen molar-refractivity contribution in [2.45, 2.75) is 26.1 Å². The van der Waals surface area contributed by atoms with Crippen molar-refractivity contribution < 1.29 is 9.84 Å². The number of benzene rings is 1. The Morgan fingerprint density at radius 2 is 2.06 bits per heavy atom. The van der Waals surface area contributed by atoms with E-state index in [0.29, 0.717) is 6.61 Å². The molecule has 4 nitrogen and oxygen atoms in total. The molecule has 0 saturated heterocycles. The summed E-state index contributed by atoms with van der Waals surface area (Å²) < 4.78 is 7.58. The van der Waals surface area contributed by atoms with E-state index in [4.69, 9.17) is 4.74 Å². The van der Waals surface area contributed by atoms with Crippen LogP contribution in [-0.4, -0.2) is 14.7 Å². The van der Waals surface area contributed by atoms with Gasteiger partial charge in [0.2, 0.25) is 0 Å². The van der Waals surface area contributed by atoms with Crippen LogP contribution in [0.2, 0.25) is 0 Å². The summed E-state index contributed by atoms with van der Waals surface area (Å²) in [7, 11) is 1.94. The fourth-order valence-electron chi connectivity index (χ4n) is 1.70. The van der Waals surface area contributed by atoms with Crippen LogP contribution >= 0.6 is 0 Å². The van der Waals surface area contributed by atoms with Crippen LogP contribution in [0.5, 0.6) is 5.75 Å². The lowest BCUT2D eigenvalue weighted by atomic mass is 10.1. The van der Waals surface area contributed by atoms with Gasteiger partial charge in [-0.25, -0.2) is 4.98 Å². The van der Waals surface area contributed by atoms with Gasteiger partial charge in [0.15, 0.2) is 0 Å². The van der Waals surface area contributed by atoms with E-state index < -0.39 is 6.10 Å². The van der Waals surface area contributed by atoms with Gasteiger partial charge in [0.05, 0.1) is 24.3 Å². The maximum Gasteiger partial charge on any atom is 0.130 e. The monoisotopic (exact) mass is 246 g/mol. The van der Waals surface area contributed by atoms with Crippen LogP contribution in [0, 0.1) is 0 Å². The molecule has 0 amide bonds. The molecule has 0 saturated carbocycles. The Morgan fingerprint density at radius 3 is 2.61 bits per heavy atom. The molecule has 96 valence electrons. The van der Waals surface area contributed by atoms with E-state index in [-0.39, 0.29) is 0 Å². The molecule has 0 radical (unpaired) electrons. The molecule has 0 bridgehead atoms. The highest BCUT2D eigenvalue weighted by atomic mass is 16.5. The fraction of sp³-hybridized carbons (Fsp3) is 0.357. The molecule has 1 aromatic heterocycles. The van der Waals surface area contributed by atoms with Gasteiger partial charge in [-0.15, -0.1) is 0 Å². The van der Waals surface area contributed by atoms with Crippen molar-refractivity contribution in [1.29, 1.82) is 0 Å². The van der Waals surface area contributed by atoms with Crippen molar-refractivity contribution >= 4 is 0 Å². The van der Waals surface area contributed by atoms with Crippen molar-refractivity contribution in [2.75, 3.05) is 0 Å². The summed E-state index contributed by atoms with van der Waals surface area (Å²) in [5, 5.41) is 9.68. The molecular formula is C14H18N2O2. The highest BCUT2D eigenvalue weighted by Gasteiger charge is 2.05. The molecule has 0 aliphatic heterocycles. The minimum absolute atomic E-state index is 0.392. The zero-order chi connectivity index (χ0) is 13.0. The quantitative estimate of drug-likeness (QED) is 0.881. The van der Waals surface area contributed by atoms with Crippen LogP contribution < -0.4 is 4.74 Å². The van der Waals surface area contributed by atoms with Gasteiger partial charge in [0.1, 0.15) is 12.4 Å². The van der Waals surface area contributed by atoms with Gasteiger partial charge in [-0.1, -0.05) is 19.1 Å². The molecule has 2 rings (SSSR count). The first-order valence-corrected chi connectivity index (χ1v) is 6.06. The third kappa shape index (κ3) is 2.90. The predicted molar refractivity (Wildman–Crippen MR) is 69.2 cm³/mol. The molecule has 1 heterocycles. The number of imidazole rings is 1. The summed E-state index contributed by atoms with van der Waals surface area (Å²) in [4.78, 5) is 4.03.